The van der Waals surface area contributed by atoms with Gasteiger partial charge in [-0.25, -0.2) is 14.5 Å². The van der Waals surface area contributed by atoms with E-state index in [1.54, 1.807) is 23.9 Å². The molecule has 1 aliphatic carbocycles. The highest BCUT2D eigenvalue weighted by Crippen LogP contribution is 2.40. The molecule has 1 fully saturated rings. The molecule has 0 unspecified atom stereocenters. The third-order valence-corrected chi connectivity index (χ3v) is 5.21. The van der Waals surface area contributed by atoms with Gasteiger partial charge in [0, 0.05) is 11.7 Å². The predicted molar refractivity (Wildman–Crippen MR) is 101 cm³/mol. The summed E-state index contributed by atoms with van der Waals surface area (Å²) in [7, 11) is 1.39. The summed E-state index contributed by atoms with van der Waals surface area (Å²) in [6.07, 6.45) is 2.37. The quantitative estimate of drug-likeness (QED) is 0.483. The van der Waals surface area contributed by atoms with Crippen LogP contribution in [-0.4, -0.2) is 27.8 Å². The Kier molecular flexibility index (Phi) is 4.75. The van der Waals surface area contributed by atoms with Gasteiger partial charge in [0.15, 0.2) is 0 Å². The molecule has 2 aromatic carbocycles. The zero-order valence-electron chi connectivity index (χ0n) is 14.5. The first-order valence-electron chi connectivity index (χ1n) is 8.57. The number of rotatable bonds is 6. The molecule has 6 heteroatoms. The second-order valence-corrected chi connectivity index (χ2v) is 7.19. The Bertz CT molecular complexity index is 903. The second kappa shape index (κ2) is 7.33. The van der Waals surface area contributed by atoms with Gasteiger partial charge in [0.25, 0.3) is 0 Å². The van der Waals surface area contributed by atoms with E-state index < -0.39 is 0 Å². The first-order chi connectivity index (χ1) is 12.7. The van der Waals surface area contributed by atoms with Gasteiger partial charge in [0.05, 0.1) is 18.4 Å². The first kappa shape index (κ1) is 16.8. The van der Waals surface area contributed by atoms with E-state index in [2.05, 4.69) is 12.1 Å². The smallest absolute Gasteiger partial charge is 0.337 e. The van der Waals surface area contributed by atoms with Crippen LogP contribution < -0.4 is 0 Å². The largest absolute Gasteiger partial charge is 0.465 e. The van der Waals surface area contributed by atoms with Crippen LogP contribution in [0, 0.1) is 0 Å². The van der Waals surface area contributed by atoms with Crippen molar-refractivity contribution in [2.45, 2.75) is 29.7 Å². The van der Waals surface area contributed by atoms with Crippen molar-refractivity contribution in [1.29, 1.82) is 0 Å². The Morgan fingerprint density at radius 1 is 1.15 bits per heavy atom. The Morgan fingerprint density at radius 3 is 2.54 bits per heavy atom. The minimum Gasteiger partial charge on any atom is -0.465 e. The maximum Gasteiger partial charge on any atom is 0.337 e. The SMILES string of the molecule is COC(=O)c1ccc(CSc2nc(C3CC3)n(-c3ccccc3)n2)cc1. The number of hydrogen-bond donors (Lipinski definition) is 0. The van der Waals surface area contributed by atoms with Crippen molar-refractivity contribution in [2.75, 3.05) is 7.11 Å². The van der Waals surface area contributed by atoms with E-state index in [1.165, 1.54) is 20.0 Å². The number of benzene rings is 2. The lowest BCUT2D eigenvalue weighted by Crippen LogP contribution is -2.01. The summed E-state index contributed by atoms with van der Waals surface area (Å²) in [5, 5.41) is 5.50. The highest BCUT2D eigenvalue weighted by atomic mass is 32.2. The van der Waals surface area contributed by atoms with Crippen molar-refractivity contribution < 1.29 is 9.53 Å². The molecule has 0 aliphatic heterocycles. The molecule has 1 heterocycles. The summed E-state index contributed by atoms with van der Waals surface area (Å²) in [5.74, 6) is 2.02. The third kappa shape index (κ3) is 3.65. The van der Waals surface area contributed by atoms with Crippen molar-refractivity contribution in [3.8, 4) is 5.69 Å². The molecule has 132 valence electrons. The van der Waals surface area contributed by atoms with Crippen molar-refractivity contribution in [1.82, 2.24) is 14.8 Å². The van der Waals surface area contributed by atoms with Gasteiger partial charge in [0.2, 0.25) is 5.16 Å². The van der Waals surface area contributed by atoms with Gasteiger partial charge in [0.1, 0.15) is 5.82 Å². The van der Waals surface area contributed by atoms with Crippen LogP contribution in [0.5, 0.6) is 0 Å². The number of thioether (sulfide) groups is 1. The summed E-state index contributed by atoms with van der Waals surface area (Å²) in [6.45, 7) is 0. The van der Waals surface area contributed by atoms with Crippen LogP contribution in [0.2, 0.25) is 0 Å². The van der Waals surface area contributed by atoms with Gasteiger partial charge < -0.3 is 4.74 Å². The summed E-state index contributed by atoms with van der Waals surface area (Å²) < 4.78 is 6.70. The number of ether oxygens (including phenoxy) is 1. The second-order valence-electron chi connectivity index (χ2n) is 6.25. The number of esters is 1. The van der Waals surface area contributed by atoms with E-state index in [1.807, 2.05) is 35.0 Å². The van der Waals surface area contributed by atoms with E-state index in [0.29, 0.717) is 11.5 Å². The van der Waals surface area contributed by atoms with E-state index in [0.717, 1.165) is 28.0 Å². The van der Waals surface area contributed by atoms with E-state index >= 15 is 0 Å². The van der Waals surface area contributed by atoms with Crippen molar-refractivity contribution in [2.24, 2.45) is 0 Å². The lowest BCUT2D eigenvalue weighted by atomic mass is 10.1. The summed E-state index contributed by atoms with van der Waals surface area (Å²) in [6, 6.07) is 17.6. The molecule has 0 radical (unpaired) electrons. The zero-order chi connectivity index (χ0) is 17.9. The Balaban J connectivity index is 1.49. The fourth-order valence-electron chi connectivity index (χ4n) is 2.73. The van der Waals surface area contributed by atoms with Crippen molar-refractivity contribution in [3.05, 3.63) is 71.5 Å². The summed E-state index contributed by atoms with van der Waals surface area (Å²) >= 11 is 1.61. The highest BCUT2D eigenvalue weighted by molar-refractivity contribution is 7.98. The van der Waals surface area contributed by atoms with Crippen molar-refractivity contribution in [3.63, 3.8) is 0 Å². The van der Waals surface area contributed by atoms with Crippen LogP contribution >= 0.6 is 11.8 Å². The van der Waals surface area contributed by atoms with Gasteiger partial charge >= 0.3 is 5.97 Å². The molecule has 0 atom stereocenters. The van der Waals surface area contributed by atoms with Gasteiger partial charge in [-0.3, -0.25) is 0 Å². The molecule has 1 aliphatic rings. The van der Waals surface area contributed by atoms with Crippen LogP contribution in [0.1, 0.15) is 40.5 Å². The monoisotopic (exact) mass is 365 g/mol. The molecule has 26 heavy (non-hydrogen) atoms. The van der Waals surface area contributed by atoms with Gasteiger partial charge in [-0.05, 0) is 42.7 Å². The first-order valence-corrected chi connectivity index (χ1v) is 9.55. The van der Waals surface area contributed by atoms with E-state index in [-0.39, 0.29) is 5.97 Å². The van der Waals surface area contributed by atoms with Gasteiger partial charge in [-0.15, -0.1) is 5.10 Å². The number of carbonyl (C=O) groups excluding carboxylic acids is 1. The number of methoxy groups -OCH3 is 1. The maximum atomic E-state index is 11.5. The number of para-hydroxylation sites is 1. The molecule has 0 spiro atoms. The third-order valence-electron chi connectivity index (χ3n) is 4.30. The topological polar surface area (TPSA) is 57.0 Å². The molecule has 0 N–H and O–H groups in total. The summed E-state index contributed by atoms with van der Waals surface area (Å²) in [4.78, 5) is 16.3. The molecular formula is C20H19N3O2S. The summed E-state index contributed by atoms with van der Waals surface area (Å²) in [5.41, 5.74) is 2.73. The molecule has 5 nitrogen and oxygen atoms in total. The average molecular weight is 365 g/mol. The number of aromatic nitrogens is 3. The lowest BCUT2D eigenvalue weighted by molar-refractivity contribution is 0.0600. The van der Waals surface area contributed by atoms with Crippen LogP contribution in [0.4, 0.5) is 0 Å². The predicted octanol–water partition coefficient (Wildman–Crippen LogP) is 4.22. The molecule has 1 saturated carbocycles. The molecule has 0 saturated heterocycles. The fraction of sp³-hybridized carbons (Fsp3) is 0.250. The molecule has 0 amide bonds. The molecule has 0 bridgehead atoms. The van der Waals surface area contributed by atoms with Crippen LogP contribution in [-0.2, 0) is 10.5 Å². The van der Waals surface area contributed by atoms with Crippen LogP contribution in [0.15, 0.2) is 59.8 Å². The Morgan fingerprint density at radius 2 is 1.88 bits per heavy atom. The number of carbonyl (C=O) groups is 1. The lowest BCUT2D eigenvalue weighted by Gasteiger charge is -2.03. The van der Waals surface area contributed by atoms with Crippen LogP contribution in [0.25, 0.3) is 5.69 Å². The van der Waals surface area contributed by atoms with Crippen molar-refractivity contribution >= 4 is 17.7 Å². The zero-order valence-corrected chi connectivity index (χ0v) is 15.3. The highest BCUT2D eigenvalue weighted by Gasteiger charge is 2.30. The number of hydrogen-bond acceptors (Lipinski definition) is 5. The maximum absolute atomic E-state index is 11.5. The molecule has 1 aromatic heterocycles. The average Bonchev–Trinajstić information content (AvgIpc) is 3.46. The Labute approximate surface area is 156 Å². The minimum atomic E-state index is -0.318. The Hall–Kier alpha value is -2.60. The standard InChI is InChI=1S/C20H19N3O2S/c1-25-19(24)16-9-7-14(8-10-16)13-26-20-21-18(15-11-12-15)23(22-20)17-5-3-2-4-6-17/h2-10,15H,11-13H2,1H3. The fourth-order valence-corrected chi connectivity index (χ4v) is 3.52. The van der Waals surface area contributed by atoms with Gasteiger partial charge in [-0.1, -0.05) is 42.1 Å². The molecule has 3 aromatic rings. The number of nitrogens with zero attached hydrogens (tertiary/aromatic N) is 3. The molecular weight excluding hydrogens is 346 g/mol. The molecule has 4 rings (SSSR count). The van der Waals surface area contributed by atoms with Gasteiger partial charge in [-0.2, -0.15) is 0 Å². The van der Waals surface area contributed by atoms with Crippen LogP contribution in [0.3, 0.4) is 0 Å². The van der Waals surface area contributed by atoms with E-state index in [4.69, 9.17) is 14.8 Å². The normalized spacial score (nSPS) is 13.6. The van der Waals surface area contributed by atoms with E-state index in [9.17, 15) is 4.79 Å². The minimum absolute atomic E-state index is 0.318.